The van der Waals surface area contributed by atoms with Crippen molar-refractivity contribution in [3.63, 3.8) is 0 Å². The van der Waals surface area contributed by atoms with Crippen LogP contribution in [0.3, 0.4) is 0 Å². The largest absolute Gasteiger partial charge is 0.455 e. The summed E-state index contributed by atoms with van der Waals surface area (Å²) in [6.45, 7) is 3.74. The molecule has 112 valence electrons. The predicted molar refractivity (Wildman–Crippen MR) is 87.6 cm³/mol. The van der Waals surface area contributed by atoms with Gasteiger partial charge in [0, 0.05) is 16.6 Å². The highest BCUT2D eigenvalue weighted by molar-refractivity contribution is 9.10. The molecule has 0 unspecified atom stereocenters. The monoisotopic (exact) mass is 371 g/mol. The van der Waals surface area contributed by atoms with Gasteiger partial charge in [-0.3, -0.25) is 0 Å². The van der Waals surface area contributed by atoms with Crippen LogP contribution < -0.4 is 10.1 Å². The molecule has 2 aromatic rings. The van der Waals surface area contributed by atoms with E-state index in [1.807, 2.05) is 18.2 Å². The molecule has 21 heavy (non-hydrogen) atoms. The van der Waals surface area contributed by atoms with Crippen LogP contribution in [-0.2, 0) is 6.54 Å². The summed E-state index contributed by atoms with van der Waals surface area (Å²) in [5.41, 5.74) is 1.01. The zero-order valence-corrected chi connectivity index (χ0v) is 14.0. The van der Waals surface area contributed by atoms with Gasteiger partial charge in [0.1, 0.15) is 17.3 Å². The Hall–Kier alpha value is -1.10. The highest BCUT2D eigenvalue weighted by Crippen LogP contribution is 2.32. The summed E-state index contributed by atoms with van der Waals surface area (Å²) in [5, 5.41) is 3.59. The smallest absolute Gasteiger partial charge is 0.146 e. The molecule has 0 saturated heterocycles. The highest BCUT2D eigenvalue weighted by Gasteiger charge is 2.09. The fourth-order valence-electron chi connectivity index (χ4n) is 1.86. The number of hydrogen-bond donors (Lipinski definition) is 1. The van der Waals surface area contributed by atoms with Gasteiger partial charge in [0.05, 0.1) is 5.02 Å². The molecular weight excluding hydrogens is 357 g/mol. The number of hydrogen-bond acceptors (Lipinski definition) is 2. The minimum absolute atomic E-state index is 0.255. The molecule has 0 amide bonds. The van der Waals surface area contributed by atoms with Gasteiger partial charge in [0.25, 0.3) is 0 Å². The molecule has 0 aromatic heterocycles. The van der Waals surface area contributed by atoms with E-state index in [1.54, 1.807) is 0 Å². The Morgan fingerprint density at radius 1 is 1.19 bits per heavy atom. The van der Waals surface area contributed by atoms with Gasteiger partial charge >= 0.3 is 0 Å². The summed E-state index contributed by atoms with van der Waals surface area (Å²) < 4.78 is 19.9. The van der Waals surface area contributed by atoms with E-state index in [2.05, 4.69) is 28.2 Å². The predicted octanol–water partition coefficient (Wildman–Crippen LogP) is 5.53. The summed E-state index contributed by atoms with van der Waals surface area (Å²) in [5.74, 6) is 0.764. The zero-order valence-electron chi connectivity index (χ0n) is 11.6. The molecule has 0 heterocycles. The molecule has 1 N–H and O–H groups in total. The van der Waals surface area contributed by atoms with Gasteiger partial charge in [0.2, 0.25) is 0 Å². The van der Waals surface area contributed by atoms with E-state index < -0.39 is 0 Å². The van der Waals surface area contributed by atoms with Crippen molar-refractivity contribution in [1.82, 2.24) is 5.32 Å². The van der Waals surface area contributed by atoms with Crippen molar-refractivity contribution in [1.29, 1.82) is 0 Å². The maximum Gasteiger partial charge on any atom is 0.146 e. The molecule has 0 fully saturated rings. The first kappa shape index (κ1) is 16.3. The molecule has 0 radical (unpaired) electrons. The molecule has 0 saturated carbocycles. The average molecular weight is 373 g/mol. The van der Waals surface area contributed by atoms with Gasteiger partial charge in [-0.1, -0.05) is 34.5 Å². The second-order valence-electron chi connectivity index (χ2n) is 4.61. The van der Waals surface area contributed by atoms with E-state index in [9.17, 15) is 4.39 Å². The van der Waals surface area contributed by atoms with Crippen molar-refractivity contribution < 1.29 is 9.13 Å². The summed E-state index contributed by atoms with van der Waals surface area (Å²) in [6.07, 6.45) is 1.06. The van der Waals surface area contributed by atoms with Crippen molar-refractivity contribution in [3.8, 4) is 11.5 Å². The normalized spacial score (nSPS) is 10.7. The molecule has 2 aromatic carbocycles. The summed E-state index contributed by atoms with van der Waals surface area (Å²) >= 11 is 9.46. The Kier molecular flexibility index (Phi) is 6.03. The van der Waals surface area contributed by atoms with Gasteiger partial charge in [-0.2, -0.15) is 0 Å². The quantitative estimate of drug-likeness (QED) is 0.673. The first-order valence-corrected chi connectivity index (χ1v) is 7.89. The van der Waals surface area contributed by atoms with E-state index in [0.29, 0.717) is 18.0 Å². The van der Waals surface area contributed by atoms with Crippen molar-refractivity contribution in [2.45, 2.75) is 19.9 Å². The van der Waals surface area contributed by atoms with Crippen LogP contribution >= 0.6 is 27.5 Å². The van der Waals surface area contributed by atoms with Crippen molar-refractivity contribution in [3.05, 3.63) is 57.3 Å². The minimum Gasteiger partial charge on any atom is -0.455 e. The third-order valence-corrected chi connectivity index (χ3v) is 3.67. The lowest BCUT2D eigenvalue weighted by Crippen LogP contribution is -2.14. The van der Waals surface area contributed by atoms with E-state index in [-0.39, 0.29) is 10.8 Å². The number of rotatable bonds is 6. The molecule has 2 rings (SSSR count). The maximum atomic E-state index is 13.1. The molecule has 0 aliphatic rings. The van der Waals surface area contributed by atoms with Crippen LogP contribution in [0.15, 0.2) is 40.9 Å². The summed E-state index contributed by atoms with van der Waals surface area (Å²) in [4.78, 5) is 0. The Labute approximate surface area is 137 Å². The van der Waals surface area contributed by atoms with Crippen LogP contribution in [0.2, 0.25) is 5.02 Å². The lowest BCUT2D eigenvalue weighted by Gasteiger charge is -2.13. The second-order valence-corrected chi connectivity index (χ2v) is 5.93. The summed E-state index contributed by atoms with van der Waals surface area (Å²) in [7, 11) is 0. The van der Waals surface area contributed by atoms with Crippen molar-refractivity contribution in [2.24, 2.45) is 0 Å². The number of ether oxygens (including phenoxy) is 1. The summed E-state index contributed by atoms with van der Waals surface area (Å²) in [6, 6.07) is 9.86. The Balaban J connectivity index is 2.22. The van der Waals surface area contributed by atoms with Gasteiger partial charge in [-0.05, 0) is 49.4 Å². The Morgan fingerprint density at radius 2 is 1.95 bits per heavy atom. The maximum absolute atomic E-state index is 13.1. The molecule has 5 heteroatoms. The first-order valence-electron chi connectivity index (χ1n) is 6.72. The fourth-order valence-corrected chi connectivity index (χ4v) is 2.48. The van der Waals surface area contributed by atoms with Crippen molar-refractivity contribution in [2.75, 3.05) is 6.54 Å². The SMILES string of the molecule is CCCNCc1cc(Br)ccc1Oc1ccc(F)cc1Cl. The number of halogens is 3. The van der Waals surface area contributed by atoms with Crippen molar-refractivity contribution >= 4 is 27.5 Å². The molecule has 2 nitrogen and oxygen atoms in total. The molecule has 0 bridgehead atoms. The van der Waals surface area contributed by atoms with E-state index >= 15 is 0 Å². The third kappa shape index (κ3) is 4.70. The number of nitrogens with one attached hydrogen (secondary N) is 1. The van der Waals surface area contributed by atoms with E-state index in [0.717, 1.165) is 23.0 Å². The highest BCUT2D eigenvalue weighted by atomic mass is 79.9. The number of benzene rings is 2. The van der Waals surface area contributed by atoms with Crippen LogP contribution in [0.1, 0.15) is 18.9 Å². The van der Waals surface area contributed by atoms with Gasteiger partial charge in [-0.25, -0.2) is 4.39 Å². The van der Waals surface area contributed by atoms with Crippen LogP contribution in [0.4, 0.5) is 4.39 Å². The van der Waals surface area contributed by atoms with E-state index in [4.69, 9.17) is 16.3 Å². The van der Waals surface area contributed by atoms with E-state index in [1.165, 1.54) is 18.2 Å². The second kappa shape index (κ2) is 7.78. The zero-order chi connectivity index (χ0) is 15.2. The fraction of sp³-hybridized carbons (Fsp3) is 0.250. The van der Waals surface area contributed by atoms with Gasteiger partial charge in [-0.15, -0.1) is 0 Å². The minimum atomic E-state index is -0.381. The first-order chi connectivity index (χ1) is 10.1. The Morgan fingerprint density at radius 3 is 2.67 bits per heavy atom. The molecule has 0 aliphatic carbocycles. The van der Waals surface area contributed by atoms with Gasteiger partial charge < -0.3 is 10.1 Å². The molecule has 0 atom stereocenters. The topological polar surface area (TPSA) is 21.3 Å². The average Bonchev–Trinajstić information content (AvgIpc) is 2.44. The van der Waals surface area contributed by atoms with Crippen LogP contribution in [0.25, 0.3) is 0 Å². The Bertz CT molecular complexity index is 621. The third-order valence-electron chi connectivity index (χ3n) is 2.88. The van der Waals surface area contributed by atoms with Gasteiger partial charge in [0.15, 0.2) is 0 Å². The van der Waals surface area contributed by atoms with Crippen LogP contribution in [-0.4, -0.2) is 6.54 Å². The molecular formula is C16H16BrClFNO. The lowest BCUT2D eigenvalue weighted by molar-refractivity contribution is 0.471. The lowest BCUT2D eigenvalue weighted by atomic mass is 10.2. The molecule has 0 spiro atoms. The standard InChI is InChI=1S/C16H16BrClFNO/c1-2-7-20-10-11-8-12(17)3-5-15(11)21-16-6-4-13(19)9-14(16)18/h3-6,8-9,20H,2,7,10H2,1H3. The molecule has 0 aliphatic heterocycles. The van der Waals surface area contributed by atoms with Crippen LogP contribution in [0, 0.1) is 5.82 Å². The van der Waals surface area contributed by atoms with Crippen LogP contribution in [0.5, 0.6) is 11.5 Å².